The fourth-order valence-electron chi connectivity index (χ4n) is 3.01. The van der Waals surface area contributed by atoms with Crippen LogP contribution in [0.2, 0.25) is 0 Å². The highest BCUT2D eigenvalue weighted by atomic mass is 127. The molecular weight excluding hydrogens is 403 g/mol. The van der Waals surface area contributed by atoms with Crippen molar-refractivity contribution < 1.29 is 4.74 Å². The number of halogens is 1. The van der Waals surface area contributed by atoms with E-state index in [-0.39, 0.29) is 24.0 Å². The van der Waals surface area contributed by atoms with Crippen LogP contribution in [0.4, 0.5) is 0 Å². The Bertz CT molecular complexity index is 296. The topological polar surface area (TPSA) is 48.9 Å². The van der Waals surface area contributed by atoms with E-state index in [4.69, 9.17) is 4.74 Å². The molecule has 1 saturated carbocycles. The summed E-state index contributed by atoms with van der Waals surface area (Å²) in [5.74, 6) is 1.93. The molecule has 0 saturated heterocycles. The van der Waals surface area contributed by atoms with Crippen LogP contribution in [0.1, 0.15) is 44.9 Å². The fraction of sp³-hybridized carbons (Fsp3) is 0.941. The summed E-state index contributed by atoms with van der Waals surface area (Å²) < 4.78 is 5.08. The number of rotatable bonds is 11. The first-order valence-corrected chi connectivity index (χ1v) is 8.88. The molecular formula is C17H37IN4O. The Morgan fingerprint density at radius 1 is 1.13 bits per heavy atom. The van der Waals surface area contributed by atoms with Crippen molar-refractivity contribution in [3.8, 4) is 0 Å². The summed E-state index contributed by atoms with van der Waals surface area (Å²) in [7, 11) is 5.69. The third-order valence-electron chi connectivity index (χ3n) is 4.49. The largest absolute Gasteiger partial charge is 0.383 e. The molecule has 0 heterocycles. The third kappa shape index (κ3) is 12.0. The predicted octanol–water partition coefficient (Wildman–Crippen LogP) is 2.71. The number of hydrogen-bond donors (Lipinski definition) is 2. The lowest BCUT2D eigenvalue weighted by Gasteiger charge is -2.18. The molecule has 1 rings (SSSR count). The highest BCUT2D eigenvalue weighted by Crippen LogP contribution is 2.28. The van der Waals surface area contributed by atoms with E-state index >= 15 is 0 Å². The van der Waals surface area contributed by atoms with E-state index in [9.17, 15) is 0 Å². The molecule has 0 amide bonds. The van der Waals surface area contributed by atoms with Gasteiger partial charge in [0.15, 0.2) is 5.96 Å². The van der Waals surface area contributed by atoms with Crippen LogP contribution >= 0.6 is 24.0 Å². The van der Waals surface area contributed by atoms with Crippen LogP contribution in [0.15, 0.2) is 4.99 Å². The third-order valence-corrected chi connectivity index (χ3v) is 4.49. The van der Waals surface area contributed by atoms with E-state index in [1.165, 1.54) is 44.9 Å². The molecule has 5 nitrogen and oxygen atoms in total. The van der Waals surface area contributed by atoms with E-state index in [1.807, 2.05) is 7.05 Å². The molecule has 0 radical (unpaired) electrons. The summed E-state index contributed by atoms with van der Waals surface area (Å²) in [5.41, 5.74) is 0. The molecule has 0 atom stereocenters. The standard InChI is InChI=1S/C17H36N4O.HI/c1-18-17(20-12-13-21(2)14-15-22-3)19-11-7-6-10-16-8-4-5-9-16;/h16H,4-15H2,1-3H3,(H2,18,19,20);1H. The minimum atomic E-state index is 0. The average molecular weight is 440 g/mol. The first kappa shape index (κ1) is 22.9. The highest BCUT2D eigenvalue weighted by molar-refractivity contribution is 14.0. The molecule has 0 unspecified atom stereocenters. The number of hydrogen-bond acceptors (Lipinski definition) is 3. The van der Waals surface area contributed by atoms with Crippen molar-refractivity contribution in [1.29, 1.82) is 0 Å². The molecule has 6 heteroatoms. The summed E-state index contributed by atoms with van der Waals surface area (Å²) in [6.07, 6.45) is 9.84. The van der Waals surface area contributed by atoms with E-state index in [0.29, 0.717) is 0 Å². The quantitative estimate of drug-likeness (QED) is 0.225. The van der Waals surface area contributed by atoms with Gasteiger partial charge in [-0.2, -0.15) is 0 Å². The second-order valence-electron chi connectivity index (χ2n) is 6.37. The van der Waals surface area contributed by atoms with Gasteiger partial charge in [0.05, 0.1) is 6.61 Å². The Morgan fingerprint density at radius 3 is 2.48 bits per heavy atom. The van der Waals surface area contributed by atoms with Gasteiger partial charge in [-0.1, -0.05) is 38.5 Å². The summed E-state index contributed by atoms with van der Waals surface area (Å²) in [5, 5.41) is 6.77. The lowest BCUT2D eigenvalue weighted by molar-refractivity contribution is 0.162. The van der Waals surface area contributed by atoms with Crippen LogP contribution in [0.3, 0.4) is 0 Å². The number of nitrogens with zero attached hydrogens (tertiary/aromatic N) is 2. The van der Waals surface area contributed by atoms with Gasteiger partial charge in [0, 0.05) is 40.3 Å². The molecule has 0 aromatic rings. The smallest absolute Gasteiger partial charge is 0.191 e. The number of guanidine groups is 1. The molecule has 0 bridgehead atoms. The van der Waals surface area contributed by atoms with Crippen molar-refractivity contribution >= 4 is 29.9 Å². The Balaban J connectivity index is 0.00000484. The average Bonchev–Trinajstić information content (AvgIpc) is 3.04. The van der Waals surface area contributed by atoms with Gasteiger partial charge in [0.25, 0.3) is 0 Å². The molecule has 0 aliphatic heterocycles. The number of aliphatic imine (C=N–C) groups is 1. The molecule has 0 aromatic heterocycles. The van der Waals surface area contributed by atoms with Crippen LogP contribution in [0.25, 0.3) is 0 Å². The lowest BCUT2D eigenvalue weighted by atomic mass is 10.0. The normalized spacial score (nSPS) is 15.7. The van der Waals surface area contributed by atoms with Crippen molar-refractivity contribution in [3.05, 3.63) is 0 Å². The van der Waals surface area contributed by atoms with E-state index in [2.05, 4.69) is 27.6 Å². The van der Waals surface area contributed by atoms with Gasteiger partial charge in [-0.3, -0.25) is 4.99 Å². The second kappa shape index (κ2) is 15.4. The zero-order chi connectivity index (χ0) is 16.0. The zero-order valence-electron chi connectivity index (χ0n) is 15.3. The minimum Gasteiger partial charge on any atom is -0.383 e. The van der Waals surface area contributed by atoms with Crippen LogP contribution in [-0.4, -0.2) is 64.9 Å². The van der Waals surface area contributed by atoms with Gasteiger partial charge in [-0.15, -0.1) is 24.0 Å². The lowest BCUT2D eigenvalue weighted by Crippen LogP contribution is -2.41. The summed E-state index contributed by atoms with van der Waals surface area (Å²) in [6, 6.07) is 0. The Morgan fingerprint density at radius 2 is 1.83 bits per heavy atom. The van der Waals surface area contributed by atoms with Crippen molar-refractivity contribution in [2.45, 2.75) is 44.9 Å². The summed E-state index contributed by atoms with van der Waals surface area (Å²) >= 11 is 0. The number of nitrogens with one attached hydrogen (secondary N) is 2. The van der Waals surface area contributed by atoms with Crippen molar-refractivity contribution in [2.75, 3.05) is 54.0 Å². The molecule has 0 aromatic carbocycles. The SMILES string of the molecule is CN=C(NCCCCC1CCCC1)NCCN(C)CCOC.I. The first-order chi connectivity index (χ1) is 10.8. The van der Waals surface area contributed by atoms with E-state index in [1.54, 1.807) is 7.11 Å². The Kier molecular flexibility index (Phi) is 15.4. The Hall–Kier alpha value is -0.0800. The molecule has 2 N–H and O–H groups in total. The maximum Gasteiger partial charge on any atom is 0.191 e. The molecule has 1 fully saturated rings. The van der Waals surface area contributed by atoms with Gasteiger partial charge in [0.1, 0.15) is 0 Å². The van der Waals surface area contributed by atoms with Crippen molar-refractivity contribution in [3.63, 3.8) is 0 Å². The van der Waals surface area contributed by atoms with Gasteiger partial charge in [-0.05, 0) is 19.4 Å². The van der Waals surface area contributed by atoms with Crippen molar-refractivity contribution in [2.24, 2.45) is 10.9 Å². The molecule has 1 aliphatic carbocycles. The van der Waals surface area contributed by atoms with Gasteiger partial charge >= 0.3 is 0 Å². The number of ether oxygens (including phenoxy) is 1. The maximum atomic E-state index is 5.08. The van der Waals surface area contributed by atoms with Crippen LogP contribution in [0, 0.1) is 5.92 Å². The summed E-state index contributed by atoms with van der Waals surface area (Å²) in [4.78, 5) is 6.53. The van der Waals surface area contributed by atoms with Crippen LogP contribution in [0.5, 0.6) is 0 Å². The number of methoxy groups -OCH3 is 1. The van der Waals surface area contributed by atoms with Gasteiger partial charge < -0.3 is 20.3 Å². The Labute approximate surface area is 160 Å². The van der Waals surface area contributed by atoms with Gasteiger partial charge in [-0.25, -0.2) is 0 Å². The predicted molar refractivity (Wildman–Crippen MR) is 110 cm³/mol. The molecule has 23 heavy (non-hydrogen) atoms. The summed E-state index contributed by atoms with van der Waals surface area (Å²) in [6.45, 7) is 4.66. The number of unbranched alkanes of at least 4 members (excludes halogenated alkanes) is 1. The second-order valence-corrected chi connectivity index (χ2v) is 6.37. The molecule has 0 spiro atoms. The molecule has 138 valence electrons. The number of likely N-dealkylation sites (N-methyl/N-ethyl adjacent to an activating group) is 1. The maximum absolute atomic E-state index is 5.08. The van der Waals surface area contributed by atoms with Gasteiger partial charge in [0.2, 0.25) is 0 Å². The molecule has 1 aliphatic rings. The minimum absolute atomic E-state index is 0. The highest BCUT2D eigenvalue weighted by Gasteiger charge is 2.13. The van der Waals surface area contributed by atoms with E-state index < -0.39 is 0 Å². The van der Waals surface area contributed by atoms with Crippen LogP contribution < -0.4 is 10.6 Å². The monoisotopic (exact) mass is 440 g/mol. The van der Waals surface area contributed by atoms with E-state index in [0.717, 1.165) is 44.7 Å². The fourth-order valence-corrected chi connectivity index (χ4v) is 3.01. The van der Waals surface area contributed by atoms with Crippen LogP contribution in [-0.2, 0) is 4.74 Å². The zero-order valence-corrected chi connectivity index (χ0v) is 17.6. The van der Waals surface area contributed by atoms with Crippen molar-refractivity contribution in [1.82, 2.24) is 15.5 Å². The first-order valence-electron chi connectivity index (χ1n) is 8.88.